The number of anilines is 2. The van der Waals surface area contributed by atoms with Gasteiger partial charge in [0.2, 0.25) is 0 Å². The Kier molecular flexibility index (Phi) is 4.09. The van der Waals surface area contributed by atoms with Gasteiger partial charge in [0.15, 0.2) is 0 Å². The molecule has 0 radical (unpaired) electrons. The first-order valence-electron chi connectivity index (χ1n) is 7.78. The molecule has 0 aliphatic carbocycles. The first kappa shape index (κ1) is 13.9. The number of pyridine rings is 1. The van der Waals surface area contributed by atoms with Crippen molar-refractivity contribution < 1.29 is 0 Å². The maximum absolute atomic E-state index is 4.53. The van der Waals surface area contributed by atoms with E-state index in [1.807, 2.05) is 12.3 Å². The molecule has 21 heavy (non-hydrogen) atoms. The highest BCUT2D eigenvalue weighted by atomic mass is 15.1. The standard InChI is InChI=1S/C18H23N3/c1-3-19-16-8-9-20-17(11-16)13-21-12-14(2)10-15-6-4-5-7-18(15)21/h4-9,11,14H,3,10,12-13H2,1-2H3,(H,19,20). The van der Waals surface area contributed by atoms with Gasteiger partial charge < -0.3 is 10.2 Å². The van der Waals surface area contributed by atoms with Crippen LogP contribution in [0.15, 0.2) is 42.6 Å². The van der Waals surface area contributed by atoms with Crippen LogP contribution < -0.4 is 10.2 Å². The van der Waals surface area contributed by atoms with Gasteiger partial charge in [-0.25, -0.2) is 0 Å². The van der Waals surface area contributed by atoms with Crippen molar-refractivity contribution in [3.05, 3.63) is 53.9 Å². The van der Waals surface area contributed by atoms with Crippen LogP contribution in [-0.4, -0.2) is 18.1 Å². The number of nitrogens with zero attached hydrogens (tertiary/aromatic N) is 2. The predicted octanol–water partition coefficient (Wildman–Crippen LogP) is 3.71. The van der Waals surface area contributed by atoms with E-state index in [1.54, 1.807) is 0 Å². The van der Waals surface area contributed by atoms with E-state index in [0.717, 1.165) is 31.0 Å². The molecule has 1 aliphatic rings. The third-order valence-electron chi connectivity index (χ3n) is 3.98. The maximum atomic E-state index is 4.53. The van der Waals surface area contributed by atoms with Gasteiger partial charge in [-0.1, -0.05) is 25.1 Å². The Morgan fingerprint density at radius 3 is 3.00 bits per heavy atom. The Balaban J connectivity index is 1.83. The van der Waals surface area contributed by atoms with Crippen LogP contribution in [0.1, 0.15) is 25.1 Å². The van der Waals surface area contributed by atoms with Gasteiger partial charge in [-0.2, -0.15) is 0 Å². The molecule has 1 aromatic heterocycles. The molecule has 2 heterocycles. The molecule has 1 aliphatic heterocycles. The van der Waals surface area contributed by atoms with E-state index in [4.69, 9.17) is 0 Å². The number of aromatic nitrogens is 1. The maximum Gasteiger partial charge on any atom is 0.0617 e. The first-order chi connectivity index (χ1) is 10.3. The third-order valence-corrected chi connectivity index (χ3v) is 3.98. The molecule has 2 aromatic rings. The Bertz CT molecular complexity index is 609. The summed E-state index contributed by atoms with van der Waals surface area (Å²) in [5.41, 5.74) is 5.10. The summed E-state index contributed by atoms with van der Waals surface area (Å²) in [6.07, 6.45) is 3.07. The molecule has 1 aromatic carbocycles. The van der Waals surface area contributed by atoms with E-state index in [-0.39, 0.29) is 0 Å². The SMILES string of the molecule is CCNc1ccnc(CN2CC(C)Cc3ccccc32)c1. The van der Waals surface area contributed by atoms with Gasteiger partial charge in [0.05, 0.1) is 12.2 Å². The number of rotatable bonds is 4. The van der Waals surface area contributed by atoms with Crippen LogP contribution in [-0.2, 0) is 13.0 Å². The number of benzene rings is 1. The zero-order valence-corrected chi connectivity index (χ0v) is 12.8. The molecule has 3 rings (SSSR count). The lowest BCUT2D eigenvalue weighted by Crippen LogP contribution is -2.34. The average molecular weight is 281 g/mol. The summed E-state index contributed by atoms with van der Waals surface area (Å²) < 4.78 is 0. The highest BCUT2D eigenvalue weighted by Gasteiger charge is 2.21. The average Bonchev–Trinajstić information content (AvgIpc) is 2.48. The fourth-order valence-corrected chi connectivity index (χ4v) is 3.13. The lowest BCUT2D eigenvalue weighted by atomic mass is 9.94. The molecule has 1 atom stereocenters. The summed E-state index contributed by atoms with van der Waals surface area (Å²) >= 11 is 0. The minimum absolute atomic E-state index is 0.692. The quantitative estimate of drug-likeness (QED) is 0.926. The summed E-state index contributed by atoms with van der Waals surface area (Å²) in [6, 6.07) is 12.9. The monoisotopic (exact) mass is 281 g/mol. The molecule has 0 spiro atoms. The molecule has 0 saturated carbocycles. The minimum Gasteiger partial charge on any atom is -0.385 e. The van der Waals surface area contributed by atoms with Gasteiger partial charge in [0.1, 0.15) is 0 Å². The Morgan fingerprint density at radius 2 is 2.14 bits per heavy atom. The van der Waals surface area contributed by atoms with E-state index in [2.05, 4.69) is 59.4 Å². The lowest BCUT2D eigenvalue weighted by molar-refractivity contribution is 0.528. The molecule has 3 heteroatoms. The van der Waals surface area contributed by atoms with Crippen LogP contribution in [0.25, 0.3) is 0 Å². The van der Waals surface area contributed by atoms with Gasteiger partial charge in [0, 0.05) is 30.7 Å². The third kappa shape index (κ3) is 3.18. The number of nitrogens with one attached hydrogen (secondary N) is 1. The molecular formula is C18H23N3. The fraction of sp³-hybridized carbons (Fsp3) is 0.389. The van der Waals surface area contributed by atoms with Crippen molar-refractivity contribution in [2.24, 2.45) is 5.92 Å². The molecule has 0 amide bonds. The first-order valence-corrected chi connectivity index (χ1v) is 7.78. The smallest absolute Gasteiger partial charge is 0.0617 e. The summed E-state index contributed by atoms with van der Waals surface area (Å²) in [5, 5.41) is 3.35. The number of hydrogen-bond donors (Lipinski definition) is 1. The second-order valence-corrected chi connectivity index (χ2v) is 5.88. The summed E-state index contributed by atoms with van der Waals surface area (Å²) in [6.45, 7) is 7.35. The van der Waals surface area contributed by atoms with Gasteiger partial charge in [0.25, 0.3) is 0 Å². The molecule has 1 unspecified atom stereocenters. The second kappa shape index (κ2) is 6.17. The van der Waals surface area contributed by atoms with Crippen LogP contribution in [0.5, 0.6) is 0 Å². The second-order valence-electron chi connectivity index (χ2n) is 5.88. The van der Waals surface area contributed by atoms with Gasteiger partial charge >= 0.3 is 0 Å². The lowest BCUT2D eigenvalue weighted by Gasteiger charge is -2.34. The van der Waals surface area contributed by atoms with Gasteiger partial charge in [-0.05, 0) is 43.0 Å². The molecule has 1 N–H and O–H groups in total. The van der Waals surface area contributed by atoms with Crippen molar-refractivity contribution >= 4 is 11.4 Å². The van der Waals surface area contributed by atoms with E-state index in [0.29, 0.717) is 5.92 Å². The number of para-hydroxylation sites is 1. The Labute approximate surface area is 127 Å². The Hall–Kier alpha value is -2.03. The summed E-state index contributed by atoms with van der Waals surface area (Å²) in [5.74, 6) is 0.692. The summed E-state index contributed by atoms with van der Waals surface area (Å²) in [7, 11) is 0. The van der Waals surface area contributed by atoms with Crippen LogP contribution >= 0.6 is 0 Å². The van der Waals surface area contributed by atoms with Crippen LogP contribution in [0.4, 0.5) is 11.4 Å². The van der Waals surface area contributed by atoms with E-state index >= 15 is 0 Å². The topological polar surface area (TPSA) is 28.2 Å². The normalized spacial score (nSPS) is 17.4. The molecular weight excluding hydrogens is 258 g/mol. The largest absolute Gasteiger partial charge is 0.385 e. The predicted molar refractivity (Wildman–Crippen MR) is 88.8 cm³/mol. The fourth-order valence-electron chi connectivity index (χ4n) is 3.13. The molecule has 110 valence electrons. The van der Waals surface area contributed by atoms with Crippen LogP contribution in [0.3, 0.4) is 0 Å². The number of hydrogen-bond acceptors (Lipinski definition) is 3. The Morgan fingerprint density at radius 1 is 1.29 bits per heavy atom. The van der Waals surface area contributed by atoms with Crippen molar-refractivity contribution in [1.29, 1.82) is 0 Å². The van der Waals surface area contributed by atoms with Crippen molar-refractivity contribution in [2.45, 2.75) is 26.8 Å². The van der Waals surface area contributed by atoms with Crippen LogP contribution in [0.2, 0.25) is 0 Å². The number of fused-ring (bicyclic) bond motifs is 1. The minimum atomic E-state index is 0.692. The molecule has 0 fully saturated rings. The van der Waals surface area contributed by atoms with E-state index in [9.17, 15) is 0 Å². The molecule has 0 bridgehead atoms. The molecule has 0 saturated heterocycles. The zero-order chi connectivity index (χ0) is 14.7. The summed E-state index contributed by atoms with van der Waals surface area (Å²) in [4.78, 5) is 6.99. The van der Waals surface area contributed by atoms with Crippen LogP contribution in [0, 0.1) is 5.92 Å². The highest BCUT2D eigenvalue weighted by Crippen LogP contribution is 2.30. The van der Waals surface area contributed by atoms with E-state index < -0.39 is 0 Å². The van der Waals surface area contributed by atoms with Gasteiger partial charge in [-0.3, -0.25) is 4.98 Å². The highest BCUT2D eigenvalue weighted by molar-refractivity contribution is 5.56. The van der Waals surface area contributed by atoms with E-state index in [1.165, 1.54) is 17.7 Å². The molecule has 3 nitrogen and oxygen atoms in total. The van der Waals surface area contributed by atoms with Crippen molar-refractivity contribution in [1.82, 2.24) is 4.98 Å². The van der Waals surface area contributed by atoms with Crippen molar-refractivity contribution in [3.63, 3.8) is 0 Å². The van der Waals surface area contributed by atoms with Crippen molar-refractivity contribution in [2.75, 3.05) is 23.3 Å². The van der Waals surface area contributed by atoms with Crippen molar-refractivity contribution in [3.8, 4) is 0 Å². The van der Waals surface area contributed by atoms with Gasteiger partial charge in [-0.15, -0.1) is 0 Å². The zero-order valence-electron chi connectivity index (χ0n) is 12.8.